The highest BCUT2D eigenvalue weighted by Gasteiger charge is 2.58. The molecule has 0 amide bonds. The molecule has 0 spiro atoms. The van der Waals surface area contributed by atoms with Crippen molar-refractivity contribution in [2.45, 2.75) is 30.0 Å². The van der Waals surface area contributed by atoms with Gasteiger partial charge in [0.1, 0.15) is 24.6 Å². The van der Waals surface area contributed by atoms with Gasteiger partial charge in [-0.15, -0.1) is 6.42 Å². The molecule has 5 atom stereocenters. The van der Waals surface area contributed by atoms with Crippen molar-refractivity contribution in [3.8, 4) is 12.3 Å². The second-order valence-corrected chi connectivity index (χ2v) is 5.00. The van der Waals surface area contributed by atoms with Crippen LogP contribution in [0.3, 0.4) is 0 Å². The van der Waals surface area contributed by atoms with E-state index in [0.29, 0.717) is 0 Å². The molecule has 0 radical (unpaired) electrons. The number of hydrogen-bond acceptors (Lipinski definition) is 7. The minimum absolute atomic E-state index is 0.0458. The number of aliphatic imine (C=N–C) groups is 2. The number of terminal acetylenes is 1. The van der Waals surface area contributed by atoms with E-state index in [2.05, 4.69) is 21.3 Å². The van der Waals surface area contributed by atoms with Gasteiger partial charge in [-0.25, -0.2) is 9.38 Å². The number of hydrogen-bond donors (Lipinski definition) is 4. The maximum atomic E-state index is 14.4. The summed E-state index contributed by atoms with van der Waals surface area (Å²) in [4.78, 5) is 7.87. The van der Waals surface area contributed by atoms with Crippen LogP contribution in [0.15, 0.2) is 9.98 Å². The number of amidine groups is 2. The lowest BCUT2D eigenvalue weighted by Gasteiger charge is -2.33. The van der Waals surface area contributed by atoms with Gasteiger partial charge in [0, 0.05) is 0 Å². The Morgan fingerprint density at radius 3 is 3.10 bits per heavy atom. The zero-order chi connectivity index (χ0) is 15.2. The lowest BCUT2D eigenvalue weighted by atomic mass is 9.95. The third-order valence-corrected chi connectivity index (χ3v) is 3.89. The monoisotopic (exact) mass is 295 g/mol. The number of hydrazine groups is 1. The van der Waals surface area contributed by atoms with Crippen molar-refractivity contribution in [3.05, 3.63) is 0 Å². The molecule has 0 bridgehead atoms. The molecule has 3 rings (SSSR count). The zero-order valence-electron chi connectivity index (χ0n) is 10.9. The highest BCUT2D eigenvalue weighted by molar-refractivity contribution is 6.41. The molecule has 4 N–H and O–H groups in total. The molecule has 0 aromatic heterocycles. The maximum absolute atomic E-state index is 14.4. The lowest BCUT2D eigenvalue weighted by molar-refractivity contribution is -0.0844. The van der Waals surface area contributed by atoms with Crippen LogP contribution >= 0.6 is 0 Å². The number of aliphatic hydroxyl groups excluding tert-OH is 2. The number of fused-ring (bicyclic) bond motifs is 1. The minimum atomic E-state index is -1.78. The number of halogens is 1. The molecule has 0 aliphatic carbocycles. The van der Waals surface area contributed by atoms with Crippen LogP contribution in [0.4, 0.5) is 4.39 Å². The molecule has 1 unspecified atom stereocenters. The van der Waals surface area contributed by atoms with Gasteiger partial charge < -0.3 is 14.9 Å². The van der Waals surface area contributed by atoms with Gasteiger partial charge in [-0.2, -0.15) is 0 Å². The second kappa shape index (κ2) is 4.77. The number of ether oxygens (including phenoxy) is 1. The van der Waals surface area contributed by atoms with Crippen molar-refractivity contribution >= 4 is 18.0 Å². The summed E-state index contributed by atoms with van der Waals surface area (Å²) in [6.45, 7) is -0.523. The van der Waals surface area contributed by atoms with Crippen LogP contribution < -0.4 is 5.43 Å². The molecule has 0 aromatic rings. The third-order valence-electron chi connectivity index (χ3n) is 3.89. The second-order valence-electron chi connectivity index (χ2n) is 5.00. The smallest absolute Gasteiger partial charge is 0.190 e. The molecule has 8 nitrogen and oxygen atoms in total. The average molecular weight is 295 g/mol. The Morgan fingerprint density at radius 2 is 2.48 bits per heavy atom. The molecule has 1 saturated heterocycles. The standard InChI is InChI=1S/C12H14FN5O3/c1-2-12(4-19)9(20)7(13)8(21-12)6-3-15-11-10(14)16-5-17-18(6)11/h1,5-9,19-20H,3-4H2,(H2,14,16,17)/t6?,7-,8-,9-,12+/m0/s1. The molecule has 3 heterocycles. The topological polar surface area (TPSA) is 114 Å². The van der Waals surface area contributed by atoms with E-state index in [1.165, 1.54) is 11.3 Å². The number of alkyl halides is 1. The Bertz CT molecular complexity index is 574. The van der Waals surface area contributed by atoms with Gasteiger partial charge in [0.05, 0.1) is 13.2 Å². The molecule has 21 heavy (non-hydrogen) atoms. The predicted octanol–water partition coefficient (Wildman–Crippen LogP) is -1.95. The van der Waals surface area contributed by atoms with E-state index in [4.69, 9.17) is 16.6 Å². The van der Waals surface area contributed by atoms with E-state index in [1.54, 1.807) is 0 Å². The quantitative estimate of drug-likeness (QED) is 0.442. The lowest BCUT2D eigenvalue weighted by Crippen LogP contribution is -2.56. The SMILES string of the molecule is C#C[C@]1(CO)O[C@@H](C2CN=C3C(=N)N=CNN32)[C@H](F)[C@@H]1O. The highest BCUT2D eigenvalue weighted by atomic mass is 19.1. The number of nitrogens with zero attached hydrogens (tertiary/aromatic N) is 3. The summed E-state index contributed by atoms with van der Waals surface area (Å²) >= 11 is 0. The molecule has 3 aliphatic heterocycles. The van der Waals surface area contributed by atoms with Crippen LogP contribution in [0.2, 0.25) is 0 Å². The third kappa shape index (κ3) is 1.84. The summed E-state index contributed by atoms with van der Waals surface area (Å²) in [7, 11) is 0. The summed E-state index contributed by atoms with van der Waals surface area (Å²) in [5.74, 6) is 2.36. The predicted molar refractivity (Wildman–Crippen MR) is 71.7 cm³/mol. The first-order valence-electron chi connectivity index (χ1n) is 6.34. The minimum Gasteiger partial charge on any atom is -0.392 e. The highest BCUT2D eigenvalue weighted by Crippen LogP contribution is 2.36. The maximum Gasteiger partial charge on any atom is 0.190 e. The van der Waals surface area contributed by atoms with Gasteiger partial charge in [0.15, 0.2) is 23.4 Å². The van der Waals surface area contributed by atoms with E-state index in [-0.39, 0.29) is 18.2 Å². The van der Waals surface area contributed by atoms with Crippen LogP contribution in [0.25, 0.3) is 0 Å². The van der Waals surface area contributed by atoms with Gasteiger partial charge in [-0.1, -0.05) is 5.92 Å². The van der Waals surface area contributed by atoms with Gasteiger partial charge in [0.25, 0.3) is 0 Å². The molecule has 0 aromatic carbocycles. The van der Waals surface area contributed by atoms with E-state index < -0.39 is 36.6 Å². The van der Waals surface area contributed by atoms with E-state index >= 15 is 0 Å². The fourth-order valence-electron chi connectivity index (χ4n) is 2.71. The summed E-state index contributed by atoms with van der Waals surface area (Å²) in [5.41, 5.74) is 1.01. The van der Waals surface area contributed by atoms with E-state index in [1.807, 2.05) is 0 Å². The molecule has 9 heteroatoms. The van der Waals surface area contributed by atoms with Gasteiger partial charge in [-0.05, 0) is 0 Å². The van der Waals surface area contributed by atoms with Crippen LogP contribution in [-0.4, -0.2) is 76.4 Å². The molecule has 112 valence electrons. The summed E-state index contributed by atoms with van der Waals surface area (Å²) in [6, 6.07) is -0.599. The molecule has 0 saturated carbocycles. The van der Waals surface area contributed by atoms with Gasteiger partial charge >= 0.3 is 0 Å². The van der Waals surface area contributed by atoms with Crippen LogP contribution in [0.1, 0.15) is 0 Å². The van der Waals surface area contributed by atoms with Crippen LogP contribution in [0, 0.1) is 17.8 Å². The Morgan fingerprint density at radius 1 is 1.71 bits per heavy atom. The Kier molecular flexibility index (Phi) is 3.16. The van der Waals surface area contributed by atoms with Crippen molar-refractivity contribution in [1.29, 1.82) is 5.41 Å². The number of aliphatic hydroxyl groups is 2. The summed E-state index contributed by atoms with van der Waals surface area (Å²) in [5, 5.41) is 28.4. The summed E-state index contributed by atoms with van der Waals surface area (Å²) < 4.78 is 19.8. The first kappa shape index (κ1) is 13.9. The Balaban J connectivity index is 1.85. The van der Waals surface area contributed by atoms with Crippen molar-refractivity contribution in [2.24, 2.45) is 9.98 Å². The van der Waals surface area contributed by atoms with Crippen molar-refractivity contribution in [1.82, 2.24) is 10.4 Å². The van der Waals surface area contributed by atoms with Gasteiger partial charge in [-0.3, -0.25) is 20.8 Å². The molecular weight excluding hydrogens is 281 g/mol. The van der Waals surface area contributed by atoms with Crippen LogP contribution in [0.5, 0.6) is 0 Å². The van der Waals surface area contributed by atoms with Crippen LogP contribution in [-0.2, 0) is 4.74 Å². The Labute approximate surface area is 119 Å². The fourth-order valence-corrected chi connectivity index (χ4v) is 2.71. The first-order chi connectivity index (χ1) is 10.0. The fraction of sp³-hybridized carbons (Fsp3) is 0.583. The van der Waals surface area contributed by atoms with E-state index in [0.717, 1.165) is 0 Å². The zero-order valence-corrected chi connectivity index (χ0v) is 10.9. The first-order valence-corrected chi connectivity index (χ1v) is 6.34. The molecule has 1 fully saturated rings. The Hall–Kier alpha value is -2.02. The normalized spacial score (nSPS) is 41.5. The largest absolute Gasteiger partial charge is 0.392 e. The summed E-state index contributed by atoms with van der Waals surface area (Å²) in [6.07, 6.45) is 2.07. The van der Waals surface area contributed by atoms with E-state index in [9.17, 15) is 14.6 Å². The van der Waals surface area contributed by atoms with Crippen molar-refractivity contribution < 1.29 is 19.3 Å². The van der Waals surface area contributed by atoms with Crippen molar-refractivity contribution in [2.75, 3.05) is 13.2 Å². The van der Waals surface area contributed by atoms with Gasteiger partial charge in [0.2, 0.25) is 0 Å². The molecular formula is C12H14FN5O3. The number of rotatable bonds is 2. The average Bonchev–Trinajstić information content (AvgIpc) is 3.02. The molecule has 3 aliphatic rings. The number of nitrogens with one attached hydrogen (secondary N) is 2. The van der Waals surface area contributed by atoms with Crippen molar-refractivity contribution in [3.63, 3.8) is 0 Å².